The van der Waals surface area contributed by atoms with Gasteiger partial charge in [0.15, 0.2) is 4.34 Å². The second-order valence-electron chi connectivity index (χ2n) is 4.62. The third kappa shape index (κ3) is 4.63. The van der Waals surface area contributed by atoms with Crippen molar-refractivity contribution in [3.63, 3.8) is 0 Å². The zero-order chi connectivity index (χ0) is 16.4. The lowest BCUT2D eigenvalue weighted by atomic mass is 10.1. The number of carboxylic acid groups (broad SMARTS) is 1. The van der Waals surface area contributed by atoms with E-state index in [1.165, 1.54) is 0 Å². The molecule has 0 spiro atoms. The van der Waals surface area contributed by atoms with Crippen molar-refractivity contribution in [2.75, 3.05) is 0 Å². The third-order valence-corrected chi connectivity index (χ3v) is 5.69. The van der Waals surface area contributed by atoms with Gasteiger partial charge in [-0.1, -0.05) is 25.4 Å². The van der Waals surface area contributed by atoms with Crippen LogP contribution in [0.4, 0.5) is 5.69 Å². The Morgan fingerprint density at radius 3 is 2.52 bits per heavy atom. The minimum Gasteiger partial charge on any atom is -0.480 e. The van der Waals surface area contributed by atoms with Crippen molar-refractivity contribution in [3.8, 4) is 0 Å². The van der Waals surface area contributed by atoms with Crippen LogP contribution in [-0.2, 0) is 14.8 Å². The molecule has 0 radical (unpaired) electrons. The number of aliphatic carboxylic acids is 1. The monoisotopic (exact) mass is 356 g/mol. The number of halogens is 1. The molecule has 8 nitrogen and oxygen atoms in total. The van der Waals surface area contributed by atoms with Crippen molar-refractivity contribution in [2.24, 2.45) is 5.92 Å². The van der Waals surface area contributed by atoms with Gasteiger partial charge in [0.1, 0.15) is 10.3 Å². The van der Waals surface area contributed by atoms with Crippen molar-refractivity contribution >= 4 is 44.6 Å². The van der Waals surface area contributed by atoms with Gasteiger partial charge >= 0.3 is 5.97 Å². The highest BCUT2D eigenvalue weighted by Crippen LogP contribution is 2.36. The van der Waals surface area contributed by atoms with Crippen LogP contribution >= 0.6 is 22.9 Å². The molecule has 21 heavy (non-hydrogen) atoms. The predicted octanol–water partition coefficient (Wildman–Crippen LogP) is 2.09. The van der Waals surface area contributed by atoms with Crippen molar-refractivity contribution in [3.05, 3.63) is 20.5 Å². The first-order chi connectivity index (χ1) is 9.54. The lowest BCUT2D eigenvalue weighted by Gasteiger charge is -2.15. The van der Waals surface area contributed by atoms with Gasteiger partial charge in [-0.05, 0) is 12.3 Å². The number of nitro groups is 1. The van der Waals surface area contributed by atoms with Gasteiger partial charge in [0, 0.05) is 6.07 Å². The second kappa shape index (κ2) is 6.69. The molecule has 2 N–H and O–H groups in total. The van der Waals surface area contributed by atoms with Crippen LogP contribution < -0.4 is 4.72 Å². The summed E-state index contributed by atoms with van der Waals surface area (Å²) in [5.74, 6) is -1.36. The number of rotatable bonds is 7. The van der Waals surface area contributed by atoms with Crippen molar-refractivity contribution in [2.45, 2.75) is 30.5 Å². The Bertz CT molecular complexity index is 655. The van der Waals surface area contributed by atoms with Crippen LogP contribution in [0.1, 0.15) is 20.3 Å². The Kier molecular flexibility index (Phi) is 5.68. The summed E-state index contributed by atoms with van der Waals surface area (Å²) in [6, 6.07) is -0.501. The second-order valence-corrected chi connectivity index (χ2v) is 8.22. The van der Waals surface area contributed by atoms with Gasteiger partial charge in [0.25, 0.3) is 15.7 Å². The molecule has 0 fully saturated rings. The Morgan fingerprint density at radius 1 is 1.57 bits per heavy atom. The quantitative estimate of drug-likeness (QED) is 0.568. The largest absolute Gasteiger partial charge is 0.480 e. The normalized spacial score (nSPS) is 13.3. The van der Waals surface area contributed by atoms with Crippen molar-refractivity contribution in [1.82, 2.24) is 4.72 Å². The molecular weight excluding hydrogens is 344 g/mol. The molecule has 0 saturated carbocycles. The first-order valence-electron chi connectivity index (χ1n) is 5.73. The zero-order valence-corrected chi connectivity index (χ0v) is 13.5. The summed E-state index contributed by atoms with van der Waals surface area (Å²) in [5, 5.41) is 19.7. The lowest BCUT2D eigenvalue weighted by molar-refractivity contribution is -0.384. The summed E-state index contributed by atoms with van der Waals surface area (Å²) in [4.78, 5) is 20.9. The number of hydrogen-bond acceptors (Lipinski definition) is 6. The number of nitrogens with zero attached hydrogens (tertiary/aromatic N) is 1. The van der Waals surface area contributed by atoms with E-state index in [-0.39, 0.29) is 16.7 Å². The van der Waals surface area contributed by atoms with Crippen LogP contribution in [0.3, 0.4) is 0 Å². The molecule has 1 rings (SSSR count). The van der Waals surface area contributed by atoms with E-state index in [4.69, 9.17) is 16.7 Å². The van der Waals surface area contributed by atoms with Gasteiger partial charge in [-0.3, -0.25) is 14.9 Å². The number of thiophene rings is 1. The van der Waals surface area contributed by atoms with Gasteiger partial charge in [-0.25, -0.2) is 8.42 Å². The highest BCUT2D eigenvalue weighted by molar-refractivity contribution is 7.91. The maximum Gasteiger partial charge on any atom is 0.321 e. The van der Waals surface area contributed by atoms with E-state index in [9.17, 15) is 23.3 Å². The molecular formula is C10H13ClN2O6S2. The summed E-state index contributed by atoms with van der Waals surface area (Å²) in [5.41, 5.74) is -0.530. The van der Waals surface area contributed by atoms with Gasteiger partial charge in [0.05, 0.1) is 4.92 Å². The average molecular weight is 357 g/mol. The van der Waals surface area contributed by atoms with E-state index in [0.717, 1.165) is 6.07 Å². The van der Waals surface area contributed by atoms with Crippen LogP contribution in [-0.4, -0.2) is 30.5 Å². The van der Waals surface area contributed by atoms with Crippen LogP contribution in [0.5, 0.6) is 0 Å². The van der Waals surface area contributed by atoms with Gasteiger partial charge < -0.3 is 5.11 Å². The highest BCUT2D eigenvalue weighted by Gasteiger charge is 2.30. The van der Waals surface area contributed by atoms with Gasteiger partial charge in [0.2, 0.25) is 0 Å². The molecule has 11 heteroatoms. The Morgan fingerprint density at radius 2 is 2.14 bits per heavy atom. The maximum atomic E-state index is 12.1. The smallest absolute Gasteiger partial charge is 0.321 e. The predicted molar refractivity (Wildman–Crippen MR) is 77.2 cm³/mol. The van der Waals surface area contributed by atoms with Crippen LogP contribution in [0.2, 0.25) is 4.34 Å². The fourth-order valence-electron chi connectivity index (χ4n) is 1.51. The molecule has 1 unspecified atom stereocenters. The molecule has 0 aliphatic heterocycles. The SMILES string of the molecule is CC(C)CC(NS(=O)(=O)c1cc([N+](=O)[O-])c(Cl)s1)C(=O)O. The van der Waals surface area contributed by atoms with E-state index < -0.39 is 36.9 Å². The first-order valence-corrected chi connectivity index (χ1v) is 8.41. The summed E-state index contributed by atoms with van der Waals surface area (Å²) in [6.07, 6.45) is 0.0930. The summed E-state index contributed by atoms with van der Waals surface area (Å²) < 4.78 is 25.5. The molecule has 118 valence electrons. The third-order valence-electron chi connectivity index (χ3n) is 2.41. The number of nitrogens with one attached hydrogen (secondary N) is 1. The minimum absolute atomic E-state index is 0.0462. The van der Waals surface area contributed by atoms with Gasteiger partial charge in [-0.2, -0.15) is 4.72 Å². The molecule has 1 aromatic rings. The van der Waals surface area contributed by atoms with E-state index in [2.05, 4.69) is 0 Å². The van der Waals surface area contributed by atoms with E-state index in [0.29, 0.717) is 11.3 Å². The number of carboxylic acids is 1. The average Bonchev–Trinajstić information content (AvgIpc) is 2.70. The minimum atomic E-state index is -4.19. The summed E-state index contributed by atoms with van der Waals surface area (Å²) in [6.45, 7) is 3.49. The van der Waals surface area contributed by atoms with Gasteiger partial charge in [-0.15, -0.1) is 11.3 Å². The number of sulfonamides is 1. The zero-order valence-electron chi connectivity index (χ0n) is 11.1. The molecule has 0 bridgehead atoms. The molecule has 1 heterocycles. The standard InChI is InChI=1S/C10H13ClN2O6S2/c1-5(2)3-6(10(14)15)12-21(18,19)8-4-7(13(16)17)9(11)20-8/h4-6,12H,3H2,1-2H3,(H,14,15). The number of hydrogen-bond donors (Lipinski definition) is 2. The Labute approximate surface area is 129 Å². The van der Waals surface area contributed by atoms with E-state index >= 15 is 0 Å². The van der Waals surface area contributed by atoms with Crippen LogP contribution in [0, 0.1) is 16.0 Å². The maximum absolute atomic E-state index is 12.1. The Hall–Kier alpha value is -1.23. The molecule has 1 aromatic heterocycles. The molecule has 0 aliphatic carbocycles. The Balaban J connectivity index is 3.07. The highest BCUT2D eigenvalue weighted by atomic mass is 35.5. The molecule has 1 atom stereocenters. The van der Waals surface area contributed by atoms with Crippen LogP contribution in [0.15, 0.2) is 10.3 Å². The topological polar surface area (TPSA) is 127 Å². The summed E-state index contributed by atoms with van der Waals surface area (Å²) >= 11 is 6.10. The van der Waals surface area contributed by atoms with E-state index in [1.807, 2.05) is 4.72 Å². The fraction of sp³-hybridized carbons (Fsp3) is 0.500. The number of carbonyl (C=O) groups is 1. The molecule has 0 aromatic carbocycles. The van der Waals surface area contributed by atoms with Crippen molar-refractivity contribution < 1.29 is 23.2 Å². The molecule has 0 aliphatic rings. The molecule has 0 saturated heterocycles. The molecule has 0 amide bonds. The van der Waals surface area contributed by atoms with E-state index in [1.54, 1.807) is 13.8 Å². The summed E-state index contributed by atoms with van der Waals surface area (Å²) in [7, 11) is -4.19. The first kappa shape index (κ1) is 17.8. The lowest BCUT2D eigenvalue weighted by Crippen LogP contribution is -2.41. The van der Waals surface area contributed by atoms with Crippen LogP contribution in [0.25, 0.3) is 0 Å². The van der Waals surface area contributed by atoms with Crippen molar-refractivity contribution in [1.29, 1.82) is 0 Å². The fourth-order valence-corrected chi connectivity index (χ4v) is 4.39.